The maximum Gasteiger partial charge on any atom is 0.307 e. The topological polar surface area (TPSA) is 52.6 Å². The van der Waals surface area contributed by atoms with Crippen molar-refractivity contribution in [1.82, 2.24) is 0 Å². The van der Waals surface area contributed by atoms with Gasteiger partial charge in [0.05, 0.1) is 12.2 Å². The molecule has 0 radical (unpaired) electrons. The second-order valence-electron chi connectivity index (χ2n) is 5.53. The molecule has 0 unspecified atom stereocenters. The van der Waals surface area contributed by atoms with E-state index in [1.54, 1.807) is 13.0 Å². The Morgan fingerprint density at radius 2 is 2.16 bits per heavy atom. The molecule has 0 N–H and O–H groups in total. The number of ether oxygens (including phenoxy) is 2. The van der Waals surface area contributed by atoms with Crippen molar-refractivity contribution in [1.29, 1.82) is 0 Å². The number of allylic oxidation sites excluding steroid dienone is 2. The zero-order chi connectivity index (χ0) is 14.2. The van der Waals surface area contributed by atoms with Gasteiger partial charge in [-0.2, -0.15) is 0 Å². The second kappa shape index (κ2) is 4.93. The average Bonchev–Trinajstić information content (AvgIpc) is 2.68. The monoisotopic (exact) mass is 264 g/mol. The number of carbonyl (C=O) groups excluding carboxylic acids is 2. The molecule has 2 atom stereocenters. The first-order chi connectivity index (χ1) is 8.86. The van der Waals surface area contributed by atoms with Crippen LogP contribution in [-0.4, -0.2) is 24.0 Å². The van der Waals surface area contributed by atoms with Crippen molar-refractivity contribution in [3.8, 4) is 0 Å². The molecule has 104 valence electrons. The summed E-state index contributed by atoms with van der Waals surface area (Å²) in [6.45, 7) is 7.72. The van der Waals surface area contributed by atoms with Crippen LogP contribution < -0.4 is 0 Å². The van der Waals surface area contributed by atoms with Gasteiger partial charge < -0.3 is 9.47 Å². The molecule has 1 heterocycles. The zero-order valence-electron chi connectivity index (χ0n) is 11.9. The highest BCUT2D eigenvalue weighted by Crippen LogP contribution is 2.47. The van der Waals surface area contributed by atoms with Crippen LogP contribution in [0.15, 0.2) is 23.5 Å². The predicted octanol–water partition coefficient (Wildman–Crippen LogP) is 2.39. The van der Waals surface area contributed by atoms with E-state index in [2.05, 4.69) is 13.8 Å². The van der Waals surface area contributed by atoms with Gasteiger partial charge in [-0.15, -0.1) is 0 Å². The molecule has 0 aromatic carbocycles. The predicted molar refractivity (Wildman–Crippen MR) is 70.2 cm³/mol. The van der Waals surface area contributed by atoms with Crippen LogP contribution in [0.1, 0.15) is 34.1 Å². The van der Waals surface area contributed by atoms with Gasteiger partial charge in [0.25, 0.3) is 0 Å². The van der Waals surface area contributed by atoms with E-state index in [1.807, 2.05) is 6.08 Å². The lowest BCUT2D eigenvalue weighted by atomic mass is 9.71. The van der Waals surface area contributed by atoms with Crippen LogP contribution in [0.2, 0.25) is 0 Å². The summed E-state index contributed by atoms with van der Waals surface area (Å²) < 4.78 is 11.1. The molecule has 19 heavy (non-hydrogen) atoms. The lowest BCUT2D eigenvalue weighted by Gasteiger charge is -2.37. The second-order valence-corrected chi connectivity index (χ2v) is 5.53. The number of hydrogen-bond donors (Lipinski definition) is 0. The minimum atomic E-state index is -0.440. The highest BCUT2D eigenvalue weighted by molar-refractivity contribution is 5.91. The Balaban J connectivity index is 2.40. The molecule has 1 aliphatic heterocycles. The first-order valence-electron chi connectivity index (χ1n) is 6.61. The summed E-state index contributed by atoms with van der Waals surface area (Å²) in [6.07, 6.45) is 3.91. The summed E-state index contributed by atoms with van der Waals surface area (Å²) in [5.41, 5.74) is 0.492. The van der Waals surface area contributed by atoms with Gasteiger partial charge in [-0.25, -0.2) is 0 Å². The first-order valence-corrected chi connectivity index (χ1v) is 6.61. The highest BCUT2D eigenvalue weighted by Gasteiger charge is 2.50. The number of rotatable bonds is 2. The Kier molecular flexibility index (Phi) is 3.63. The normalized spacial score (nSPS) is 32.5. The summed E-state index contributed by atoms with van der Waals surface area (Å²) in [7, 11) is 0. The van der Waals surface area contributed by atoms with Crippen LogP contribution >= 0.6 is 0 Å². The number of carbonyl (C=O) groups is 2. The molecule has 2 aliphatic rings. The maximum absolute atomic E-state index is 11.7. The van der Waals surface area contributed by atoms with Gasteiger partial charge in [-0.3, -0.25) is 9.59 Å². The van der Waals surface area contributed by atoms with Crippen LogP contribution in [0.3, 0.4) is 0 Å². The Hall–Kier alpha value is -1.42. The van der Waals surface area contributed by atoms with Crippen molar-refractivity contribution in [2.45, 2.75) is 39.7 Å². The molecule has 1 aliphatic carbocycles. The van der Waals surface area contributed by atoms with Gasteiger partial charge in [-0.05, 0) is 25.0 Å². The lowest BCUT2D eigenvalue weighted by molar-refractivity contribution is -0.136. The van der Waals surface area contributed by atoms with Gasteiger partial charge in [0.2, 0.25) is 0 Å². The number of ketones is 1. The molecule has 0 aromatic heterocycles. The largest absolute Gasteiger partial charge is 0.432 e. The summed E-state index contributed by atoms with van der Waals surface area (Å²) in [6, 6.07) is 0. The van der Waals surface area contributed by atoms with E-state index >= 15 is 0 Å². The van der Waals surface area contributed by atoms with Crippen molar-refractivity contribution < 1.29 is 19.1 Å². The Morgan fingerprint density at radius 1 is 1.47 bits per heavy atom. The molecule has 2 rings (SSSR count). The maximum atomic E-state index is 11.7. The van der Waals surface area contributed by atoms with E-state index in [0.717, 1.165) is 5.57 Å². The summed E-state index contributed by atoms with van der Waals surface area (Å²) in [5.74, 6) is 0.557. The fraction of sp³-hybridized carbons (Fsp3) is 0.600. The van der Waals surface area contributed by atoms with Crippen LogP contribution in [0.5, 0.6) is 0 Å². The quantitative estimate of drug-likeness (QED) is 0.567. The van der Waals surface area contributed by atoms with E-state index in [-0.39, 0.29) is 23.6 Å². The van der Waals surface area contributed by atoms with Crippen LogP contribution in [0.4, 0.5) is 0 Å². The van der Waals surface area contributed by atoms with Crippen molar-refractivity contribution in [3.05, 3.63) is 23.5 Å². The van der Waals surface area contributed by atoms with E-state index in [0.29, 0.717) is 18.8 Å². The molecule has 0 aromatic rings. The van der Waals surface area contributed by atoms with Crippen LogP contribution in [0.25, 0.3) is 0 Å². The summed E-state index contributed by atoms with van der Waals surface area (Å²) >= 11 is 0. The zero-order valence-corrected chi connectivity index (χ0v) is 11.9. The van der Waals surface area contributed by atoms with E-state index in [4.69, 9.17) is 9.47 Å². The van der Waals surface area contributed by atoms with Crippen molar-refractivity contribution in [2.24, 2.45) is 11.8 Å². The minimum Gasteiger partial charge on any atom is -0.432 e. The van der Waals surface area contributed by atoms with Crippen LogP contribution in [0, 0.1) is 11.8 Å². The third-order valence-electron chi connectivity index (χ3n) is 4.03. The van der Waals surface area contributed by atoms with Gasteiger partial charge in [0.1, 0.15) is 5.76 Å². The molecular formula is C15H20O4. The third-order valence-corrected chi connectivity index (χ3v) is 4.03. The fourth-order valence-corrected chi connectivity index (χ4v) is 3.01. The SMILES string of the molecule is CC(=O)O/C(C)=C1\CO[C@]2(C(C)C)C=CC(=O)C[C@H]12. The Labute approximate surface area is 113 Å². The number of hydrogen-bond acceptors (Lipinski definition) is 4. The molecular weight excluding hydrogens is 244 g/mol. The highest BCUT2D eigenvalue weighted by atomic mass is 16.5. The Bertz CT molecular complexity index is 473. The van der Waals surface area contributed by atoms with Crippen molar-refractivity contribution >= 4 is 11.8 Å². The fourth-order valence-electron chi connectivity index (χ4n) is 3.01. The molecule has 1 saturated heterocycles. The summed E-state index contributed by atoms with van der Waals surface area (Å²) in [4.78, 5) is 22.8. The molecule has 0 amide bonds. The van der Waals surface area contributed by atoms with Crippen molar-refractivity contribution in [3.63, 3.8) is 0 Å². The number of esters is 1. The van der Waals surface area contributed by atoms with Gasteiger partial charge in [0, 0.05) is 24.8 Å². The van der Waals surface area contributed by atoms with Crippen molar-refractivity contribution in [2.75, 3.05) is 6.61 Å². The number of fused-ring (bicyclic) bond motifs is 1. The van der Waals surface area contributed by atoms with E-state index in [1.165, 1.54) is 6.92 Å². The van der Waals surface area contributed by atoms with E-state index in [9.17, 15) is 9.59 Å². The van der Waals surface area contributed by atoms with Gasteiger partial charge >= 0.3 is 5.97 Å². The smallest absolute Gasteiger partial charge is 0.307 e. The molecule has 4 nitrogen and oxygen atoms in total. The third kappa shape index (κ3) is 2.37. The molecule has 0 saturated carbocycles. The van der Waals surface area contributed by atoms with Gasteiger partial charge in [-0.1, -0.05) is 13.8 Å². The molecule has 0 bridgehead atoms. The standard InChI is InChI=1S/C15H20O4/c1-9(2)15-6-5-12(17)7-14(15)13(8-18-15)10(3)19-11(4)16/h5-6,9,14H,7-8H2,1-4H3/b13-10+/t14-,15+/m1/s1. The lowest BCUT2D eigenvalue weighted by Crippen LogP contribution is -2.42. The van der Waals surface area contributed by atoms with E-state index < -0.39 is 5.60 Å². The summed E-state index contributed by atoms with van der Waals surface area (Å²) in [5, 5.41) is 0. The Morgan fingerprint density at radius 3 is 2.74 bits per heavy atom. The molecule has 4 heteroatoms. The minimum absolute atomic E-state index is 0.0238. The first kappa shape index (κ1) is 14.0. The molecule has 1 fully saturated rings. The average molecular weight is 264 g/mol. The molecule has 0 spiro atoms. The van der Waals surface area contributed by atoms with Gasteiger partial charge in [0.15, 0.2) is 5.78 Å². The van der Waals surface area contributed by atoms with Crippen LogP contribution in [-0.2, 0) is 19.1 Å².